The van der Waals surface area contributed by atoms with Gasteiger partial charge in [-0.3, -0.25) is 9.59 Å². The van der Waals surface area contributed by atoms with E-state index in [-0.39, 0.29) is 5.78 Å². The summed E-state index contributed by atoms with van der Waals surface area (Å²) in [4.78, 5) is 23.1. The summed E-state index contributed by atoms with van der Waals surface area (Å²) in [6.07, 6.45) is 0.771. The average Bonchev–Trinajstić information content (AvgIpc) is 2.35. The second-order valence-corrected chi connectivity index (χ2v) is 3.59. The zero-order chi connectivity index (χ0) is 12.0. The van der Waals surface area contributed by atoms with Gasteiger partial charge in [-0.25, -0.2) is 0 Å². The predicted molar refractivity (Wildman–Crippen MR) is 61.0 cm³/mol. The number of methoxy groups -OCH3 is 1. The lowest BCUT2D eigenvalue weighted by Gasteiger charge is -2.12. The van der Waals surface area contributed by atoms with E-state index in [4.69, 9.17) is 0 Å². The first kappa shape index (κ1) is 12.4. The maximum absolute atomic E-state index is 11.6. The van der Waals surface area contributed by atoms with E-state index >= 15 is 0 Å². The lowest BCUT2D eigenvalue weighted by atomic mass is 9.94. The molecule has 0 saturated carbocycles. The number of ketones is 1. The van der Waals surface area contributed by atoms with E-state index in [1.807, 2.05) is 30.3 Å². The number of ether oxygens (including phenoxy) is 1. The summed E-state index contributed by atoms with van der Waals surface area (Å²) in [6.45, 7) is 1.75. The van der Waals surface area contributed by atoms with Gasteiger partial charge >= 0.3 is 5.97 Å². The molecule has 1 atom stereocenters. The molecule has 0 fully saturated rings. The quantitative estimate of drug-likeness (QED) is 0.563. The smallest absolute Gasteiger partial charge is 0.316 e. The van der Waals surface area contributed by atoms with Crippen LogP contribution < -0.4 is 0 Å². The van der Waals surface area contributed by atoms with Crippen molar-refractivity contribution in [2.45, 2.75) is 19.8 Å². The van der Waals surface area contributed by atoms with Crippen molar-refractivity contribution in [3.05, 3.63) is 35.9 Å². The van der Waals surface area contributed by atoms with E-state index in [1.165, 1.54) is 7.11 Å². The maximum atomic E-state index is 11.6. The van der Waals surface area contributed by atoms with Crippen LogP contribution in [0.5, 0.6) is 0 Å². The Morgan fingerprint density at radius 1 is 1.25 bits per heavy atom. The number of hydrogen-bond acceptors (Lipinski definition) is 3. The number of hydrogen-bond donors (Lipinski definition) is 0. The number of carbonyl (C=O) groups is 2. The van der Waals surface area contributed by atoms with Gasteiger partial charge in [-0.1, -0.05) is 37.3 Å². The van der Waals surface area contributed by atoms with Crippen LogP contribution in [0.1, 0.15) is 18.9 Å². The molecule has 0 saturated heterocycles. The van der Waals surface area contributed by atoms with Crippen molar-refractivity contribution >= 4 is 11.8 Å². The van der Waals surface area contributed by atoms with E-state index < -0.39 is 11.9 Å². The van der Waals surface area contributed by atoms with Gasteiger partial charge in [0, 0.05) is 6.42 Å². The molecule has 86 valence electrons. The Morgan fingerprint density at radius 2 is 1.88 bits per heavy atom. The molecule has 0 aliphatic carbocycles. The monoisotopic (exact) mass is 220 g/mol. The summed E-state index contributed by atoms with van der Waals surface area (Å²) >= 11 is 0. The second kappa shape index (κ2) is 6.05. The Hall–Kier alpha value is -1.64. The lowest BCUT2D eigenvalue weighted by Crippen LogP contribution is -2.26. The van der Waals surface area contributed by atoms with Crippen molar-refractivity contribution in [3.8, 4) is 0 Å². The minimum absolute atomic E-state index is 0.0734. The number of Topliss-reactive ketones (excluding diaryl/α,β-unsaturated/α-hetero) is 1. The number of benzene rings is 1. The molecule has 0 heterocycles. The molecule has 0 N–H and O–H groups in total. The van der Waals surface area contributed by atoms with Gasteiger partial charge in [-0.15, -0.1) is 0 Å². The fraction of sp³-hybridized carbons (Fsp3) is 0.385. The lowest BCUT2D eigenvalue weighted by molar-refractivity contribution is -0.149. The Labute approximate surface area is 95.4 Å². The molecule has 0 spiro atoms. The zero-order valence-corrected chi connectivity index (χ0v) is 9.60. The molecule has 1 rings (SSSR count). The number of esters is 1. The highest BCUT2D eigenvalue weighted by Crippen LogP contribution is 2.13. The summed E-state index contributed by atoms with van der Waals surface area (Å²) in [5.74, 6) is -1.19. The van der Waals surface area contributed by atoms with Crippen LogP contribution in [0.15, 0.2) is 30.3 Å². The molecular formula is C13H16O3. The first-order valence-corrected chi connectivity index (χ1v) is 5.33. The summed E-state index contributed by atoms with van der Waals surface area (Å²) in [5, 5.41) is 0. The van der Waals surface area contributed by atoms with Crippen molar-refractivity contribution in [1.82, 2.24) is 0 Å². The van der Waals surface area contributed by atoms with Gasteiger partial charge in [0.1, 0.15) is 11.7 Å². The standard InChI is InChI=1S/C13H16O3/c1-3-12(14)11(13(15)16-2)9-10-7-5-4-6-8-10/h4-8,11H,3,9H2,1-2H3/t11-/m1/s1. The van der Waals surface area contributed by atoms with Gasteiger partial charge < -0.3 is 4.74 Å². The zero-order valence-electron chi connectivity index (χ0n) is 9.60. The molecule has 0 amide bonds. The SMILES string of the molecule is CCC(=O)[C@@H](Cc1ccccc1)C(=O)OC. The molecule has 0 aliphatic heterocycles. The molecule has 3 heteroatoms. The topological polar surface area (TPSA) is 43.4 Å². The molecule has 1 aromatic carbocycles. The first-order chi connectivity index (χ1) is 7.69. The minimum atomic E-state index is -0.669. The Balaban J connectivity index is 2.79. The van der Waals surface area contributed by atoms with E-state index in [2.05, 4.69) is 4.74 Å². The van der Waals surface area contributed by atoms with Gasteiger partial charge in [0.2, 0.25) is 0 Å². The van der Waals surface area contributed by atoms with Crippen LogP contribution in [0, 0.1) is 5.92 Å². The van der Waals surface area contributed by atoms with Crippen molar-refractivity contribution in [2.24, 2.45) is 5.92 Å². The van der Waals surface area contributed by atoms with Crippen molar-refractivity contribution in [1.29, 1.82) is 0 Å². The van der Waals surface area contributed by atoms with E-state index in [0.717, 1.165) is 5.56 Å². The summed E-state index contributed by atoms with van der Waals surface area (Å²) in [6, 6.07) is 9.48. The Bertz CT molecular complexity index is 341. The Morgan fingerprint density at radius 3 is 2.38 bits per heavy atom. The van der Waals surface area contributed by atoms with E-state index in [1.54, 1.807) is 6.92 Å². The molecule has 0 aliphatic rings. The summed E-state index contributed by atoms with van der Waals surface area (Å²) in [5.41, 5.74) is 0.972. The predicted octanol–water partition coefficient (Wildman–Crippen LogP) is 2.00. The molecule has 16 heavy (non-hydrogen) atoms. The van der Waals surface area contributed by atoms with Gasteiger partial charge in [0.25, 0.3) is 0 Å². The van der Waals surface area contributed by atoms with Crippen LogP contribution >= 0.6 is 0 Å². The maximum Gasteiger partial charge on any atom is 0.316 e. The molecular weight excluding hydrogens is 204 g/mol. The third kappa shape index (κ3) is 3.19. The number of carbonyl (C=O) groups excluding carboxylic acids is 2. The van der Waals surface area contributed by atoms with E-state index in [9.17, 15) is 9.59 Å². The molecule has 0 aromatic heterocycles. The second-order valence-electron chi connectivity index (χ2n) is 3.59. The summed E-state index contributed by atoms with van der Waals surface area (Å²) < 4.78 is 4.65. The normalized spacial score (nSPS) is 11.9. The van der Waals surface area contributed by atoms with Crippen molar-refractivity contribution < 1.29 is 14.3 Å². The number of rotatable bonds is 5. The van der Waals surface area contributed by atoms with E-state index in [0.29, 0.717) is 12.8 Å². The molecule has 0 unspecified atom stereocenters. The third-order valence-electron chi connectivity index (χ3n) is 2.51. The summed E-state index contributed by atoms with van der Waals surface area (Å²) in [7, 11) is 1.31. The van der Waals surface area contributed by atoms with Crippen LogP contribution in [0.25, 0.3) is 0 Å². The van der Waals surface area contributed by atoms with Crippen LogP contribution in [0.3, 0.4) is 0 Å². The van der Waals surface area contributed by atoms with Gasteiger partial charge in [-0.2, -0.15) is 0 Å². The van der Waals surface area contributed by atoms with Gasteiger partial charge in [-0.05, 0) is 12.0 Å². The molecule has 0 bridgehead atoms. The Kier molecular flexibility index (Phi) is 4.70. The van der Waals surface area contributed by atoms with Crippen molar-refractivity contribution in [3.63, 3.8) is 0 Å². The van der Waals surface area contributed by atoms with Crippen LogP contribution in [0.2, 0.25) is 0 Å². The fourth-order valence-corrected chi connectivity index (χ4v) is 1.57. The average molecular weight is 220 g/mol. The van der Waals surface area contributed by atoms with Crippen LogP contribution in [-0.2, 0) is 20.7 Å². The largest absolute Gasteiger partial charge is 0.468 e. The van der Waals surface area contributed by atoms with Crippen LogP contribution in [-0.4, -0.2) is 18.9 Å². The molecule has 0 radical (unpaired) electrons. The first-order valence-electron chi connectivity index (χ1n) is 5.33. The highest BCUT2D eigenvalue weighted by molar-refractivity contribution is 5.99. The molecule has 1 aromatic rings. The van der Waals surface area contributed by atoms with Crippen LogP contribution in [0.4, 0.5) is 0 Å². The van der Waals surface area contributed by atoms with Gasteiger partial charge in [0.15, 0.2) is 0 Å². The highest BCUT2D eigenvalue weighted by Gasteiger charge is 2.25. The fourth-order valence-electron chi connectivity index (χ4n) is 1.57. The highest BCUT2D eigenvalue weighted by atomic mass is 16.5. The van der Waals surface area contributed by atoms with Gasteiger partial charge in [0.05, 0.1) is 7.11 Å². The molecule has 3 nitrogen and oxygen atoms in total. The third-order valence-corrected chi connectivity index (χ3v) is 2.51. The minimum Gasteiger partial charge on any atom is -0.468 e. The van der Waals surface area contributed by atoms with Crippen molar-refractivity contribution in [2.75, 3.05) is 7.11 Å².